The second kappa shape index (κ2) is 7.87. The summed E-state index contributed by atoms with van der Waals surface area (Å²) in [6.07, 6.45) is 5.13. The van der Waals surface area contributed by atoms with Crippen molar-refractivity contribution in [3.05, 3.63) is 42.6 Å². The van der Waals surface area contributed by atoms with Crippen molar-refractivity contribution in [2.24, 2.45) is 5.92 Å². The van der Waals surface area contributed by atoms with Crippen molar-refractivity contribution in [3.8, 4) is 11.1 Å². The third-order valence-electron chi connectivity index (χ3n) is 4.96. The first-order valence-electron chi connectivity index (χ1n) is 9.85. The van der Waals surface area contributed by atoms with Crippen LogP contribution in [0.5, 0.6) is 0 Å². The molecule has 3 N–H and O–H groups in total. The number of fused-ring (bicyclic) bond motifs is 1. The number of H-pyrrole nitrogens is 1. The zero-order chi connectivity index (χ0) is 20.4. The van der Waals surface area contributed by atoms with Gasteiger partial charge >= 0.3 is 0 Å². The molecule has 1 amide bonds. The molecule has 7 nitrogen and oxygen atoms in total. The van der Waals surface area contributed by atoms with Crippen molar-refractivity contribution in [3.63, 3.8) is 0 Å². The van der Waals surface area contributed by atoms with Crippen LogP contribution in [0.25, 0.3) is 22.2 Å². The van der Waals surface area contributed by atoms with Gasteiger partial charge in [-0.2, -0.15) is 0 Å². The summed E-state index contributed by atoms with van der Waals surface area (Å²) in [6, 6.07) is 11.0. The van der Waals surface area contributed by atoms with Crippen LogP contribution in [0, 0.1) is 5.92 Å². The third kappa shape index (κ3) is 4.59. The third-order valence-corrected chi connectivity index (χ3v) is 6.34. The van der Waals surface area contributed by atoms with Crippen LogP contribution in [-0.2, 0) is 14.8 Å². The van der Waals surface area contributed by atoms with Crippen LogP contribution in [0.1, 0.15) is 32.6 Å². The average molecular weight is 413 g/mol. The number of aromatic nitrogens is 2. The summed E-state index contributed by atoms with van der Waals surface area (Å²) < 4.78 is 26.8. The lowest BCUT2D eigenvalue weighted by Gasteiger charge is -2.11. The van der Waals surface area contributed by atoms with Crippen LogP contribution in [0.4, 0.5) is 11.5 Å². The number of anilines is 2. The van der Waals surface area contributed by atoms with E-state index in [2.05, 4.69) is 20.0 Å². The highest BCUT2D eigenvalue weighted by molar-refractivity contribution is 7.92. The Morgan fingerprint density at radius 3 is 2.66 bits per heavy atom. The summed E-state index contributed by atoms with van der Waals surface area (Å²) in [5.41, 5.74) is 3.06. The first-order chi connectivity index (χ1) is 13.9. The number of sulfonamides is 1. The van der Waals surface area contributed by atoms with Crippen molar-refractivity contribution < 1.29 is 13.2 Å². The Balaban J connectivity index is 1.60. The summed E-state index contributed by atoms with van der Waals surface area (Å²) in [5.74, 6) is 0.728. The van der Waals surface area contributed by atoms with Gasteiger partial charge in [-0.3, -0.25) is 9.52 Å². The Morgan fingerprint density at radius 1 is 1.21 bits per heavy atom. The molecule has 1 fully saturated rings. The SMILES string of the molecule is CCCCS(=O)(=O)Nc1ccc(-c2cc(NC(=O)C3CC3)nc3[nH]ccc23)cc1. The predicted molar refractivity (Wildman–Crippen MR) is 115 cm³/mol. The highest BCUT2D eigenvalue weighted by Crippen LogP contribution is 2.33. The number of carbonyl (C=O) groups is 1. The minimum absolute atomic E-state index is 0.00573. The number of aromatic amines is 1. The molecule has 1 aliphatic rings. The molecule has 3 aromatic rings. The number of unbranched alkanes of at least 4 members (excludes halogenated alkanes) is 1. The molecular weight excluding hydrogens is 388 g/mol. The van der Waals surface area contributed by atoms with Crippen molar-refractivity contribution in [2.75, 3.05) is 15.8 Å². The fourth-order valence-electron chi connectivity index (χ4n) is 3.20. The molecule has 4 rings (SSSR count). The normalized spacial score (nSPS) is 14.1. The maximum absolute atomic E-state index is 12.1. The zero-order valence-electron chi connectivity index (χ0n) is 16.2. The van der Waals surface area contributed by atoms with E-state index in [0.29, 0.717) is 23.6 Å². The van der Waals surface area contributed by atoms with Crippen LogP contribution in [-0.4, -0.2) is 30.0 Å². The van der Waals surface area contributed by atoms with Crippen molar-refractivity contribution in [1.82, 2.24) is 9.97 Å². The molecular formula is C21H24N4O3S. The quantitative estimate of drug-likeness (QED) is 0.518. The van der Waals surface area contributed by atoms with E-state index in [0.717, 1.165) is 35.8 Å². The molecule has 1 saturated carbocycles. The maximum atomic E-state index is 12.1. The van der Waals surface area contributed by atoms with Crippen LogP contribution in [0.15, 0.2) is 42.6 Å². The Bertz CT molecular complexity index is 1130. The molecule has 8 heteroatoms. The number of nitrogens with zero attached hydrogens (tertiary/aromatic N) is 1. The Hall–Kier alpha value is -2.87. The molecule has 0 unspecified atom stereocenters. The van der Waals surface area contributed by atoms with Crippen LogP contribution in [0.3, 0.4) is 0 Å². The van der Waals surface area contributed by atoms with E-state index in [4.69, 9.17) is 0 Å². The largest absolute Gasteiger partial charge is 0.346 e. The summed E-state index contributed by atoms with van der Waals surface area (Å²) in [4.78, 5) is 19.7. The number of hydrogen-bond donors (Lipinski definition) is 3. The molecule has 2 heterocycles. The highest BCUT2D eigenvalue weighted by atomic mass is 32.2. The summed E-state index contributed by atoms with van der Waals surface area (Å²) >= 11 is 0. The number of rotatable bonds is 8. The molecule has 29 heavy (non-hydrogen) atoms. The molecule has 152 valence electrons. The molecule has 1 aromatic carbocycles. The van der Waals surface area contributed by atoms with Gasteiger partial charge in [0, 0.05) is 23.2 Å². The molecule has 0 radical (unpaired) electrons. The van der Waals surface area contributed by atoms with E-state index in [1.165, 1.54) is 0 Å². The lowest BCUT2D eigenvalue weighted by atomic mass is 10.0. The molecule has 2 aromatic heterocycles. The second-order valence-electron chi connectivity index (χ2n) is 7.41. The maximum Gasteiger partial charge on any atom is 0.232 e. The van der Waals surface area contributed by atoms with Crippen molar-refractivity contribution >= 4 is 38.5 Å². The number of benzene rings is 1. The molecule has 0 aliphatic heterocycles. The van der Waals surface area contributed by atoms with Gasteiger partial charge in [-0.1, -0.05) is 25.5 Å². The van der Waals surface area contributed by atoms with E-state index < -0.39 is 10.0 Å². The van der Waals surface area contributed by atoms with E-state index in [-0.39, 0.29) is 17.6 Å². The minimum Gasteiger partial charge on any atom is -0.346 e. The fraction of sp³-hybridized carbons (Fsp3) is 0.333. The van der Waals surface area contributed by atoms with Gasteiger partial charge in [0.05, 0.1) is 5.75 Å². The highest BCUT2D eigenvalue weighted by Gasteiger charge is 2.30. The predicted octanol–water partition coefficient (Wildman–Crippen LogP) is 4.12. The van der Waals surface area contributed by atoms with Crippen LogP contribution < -0.4 is 10.0 Å². The average Bonchev–Trinajstić information content (AvgIpc) is 3.44. The number of hydrogen-bond acceptors (Lipinski definition) is 4. The summed E-state index contributed by atoms with van der Waals surface area (Å²) in [5, 5.41) is 3.83. The Morgan fingerprint density at radius 2 is 1.97 bits per heavy atom. The monoisotopic (exact) mass is 412 g/mol. The van der Waals surface area contributed by atoms with Crippen LogP contribution in [0.2, 0.25) is 0 Å². The smallest absolute Gasteiger partial charge is 0.232 e. The number of pyridine rings is 1. The molecule has 0 spiro atoms. The van der Waals surface area contributed by atoms with Gasteiger partial charge in [0.15, 0.2) is 0 Å². The number of carbonyl (C=O) groups excluding carboxylic acids is 1. The topological polar surface area (TPSA) is 104 Å². The first kappa shape index (κ1) is 19.4. The number of amides is 1. The molecule has 0 atom stereocenters. The first-order valence-corrected chi connectivity index (χ1v) is 11.5. The molecule has 0 bridgehead atoms. The van der Waals surface area contributed by atoms with E-state index >= 15 is 0 Å². The van der Waals surface area contributed by atoms with Gasteiger partial charge in [0.2, 0.25) is 15.9 Å². The van der Waals surface area contributed by atoms with Gasteiger partial charge < -0.3 is 10.3 Å². The molecule has 1 aliphatic carbocycles. The van der Waals surface area contributed by atoms with Gasteiger partial charge in [0.25, 0.3) is 0 Å². The van der Waals surface area contributed by atoms with Gasteiger partial charge in [-0.25, -0.2) is 13.4 Å². The van der Waals surface area contributed by atoms with E-state index in [9.17, 15) is 13.2 Å². The van der Waals surface area contributed by atoms with Gasteiger partial charge in [-0.15, -0.1) is 0 Å². The molecule has 0 saturated heterocycles. The minimum atomic E-state index is -3.33. The second-order valence-corrected chi connectivity index (χ2v) is 9.25. The van der Waals surface area contributed by atoms with E-state index in [1.807, 2.05) is 37.4 Å². The Kier molecular flexibility index (Phi) is 5.27. The standard InChI is InChI=1S/C21H24N4O3S/c1-2-3-12-29(27,28)25-16-8-6-14(7-9-16)18-13-19(24-21(26)15-4-5-15)23-20-17(18)10-11-22-20/h6-11,13,15,25H,2-5,12H2,1H3,(H2,22,23,24,26). The van der Waals surface area contributed by atoms with Gasteiger partial charge in [-0.05, 0) is 54.7 Å². The van der Waals surface area contributed by atoms with Gasteiger partial charge in [0.1, 0.15) is 11.5 Å². The number of nitrogens with one attached hydrogen (secondary N) is 3. The Labute approximate surface area is 170 Å². The van der Waals surface area contributed by atoms with Crippen molar-refractivity contribution in [2.45, 2.75) is 32.6 Å². The summed E-state index contributed by atoms with van der Waals surface area (Å²) in [6.45, 7) is 1.96. The van der Waals surface area contributed by atoms with Crippen molar-refractivity contribution in [1.29, 1.82) is 0 Å². The van der Waals surface area contributed by atoms with E-state index in [1.54, 1.807) is 12.1 Å². The van der Waals surface area contributed by atoms with Crippen LogP contribution >= 0.6 is 0 Å². The lowest BCUT2D eigenvalue weighted by Crippen LogP contribution is -2.16. The lowest BCUT2D eigenvalue weighted by molar-refractivity contribution is -0.117. The summed E-state index contributed by atoms with van der Waals surface area (Å²) in [7, 11) is -3.33. The fourth-order valence-corrected chi connectivity index (χ4v) is 4.46. The zero-order valence-corrected chi connectivity index (χ0v) is 17.1.